The van der Waals surface area contributed by atoms with Crippen LogP contribution < -0.4 is 0 Å². The second-order valence-corrected chi connectivity index (χ2v) is 5.10. The van der Waals surface area contributed by atoms with Gasteiger partial charge in [-0.25, -0.2) is 4.79 Å². The van der Waals surface area contributed by atoms with Crippen LogP contribution in [-0.2, 0) is 19.2 Å². The number of rotatable bonds is 6. The number of amides is 2. The van der Waals surface area contributed by atoms with E-state index in [9.17, 15) is 19.2 Å². The van der Waals surface area contributed by atoms with Gasteiger partial charge in [-0.3, -0.25) is 19.3 Å². The van der Waals surface area contributed by atoms with Gasteiger partial charge in [0.2, 0.25) is 6.41 Å². The molecule has 0 aliphatic carbocycles. The lowest BCUT2D eigenvalue weighted by molar-refractivity contribution is -0.155. The fourth-order valence-electron chi connectivity index (χ4n) is 0.994. The zero-order valence-corrected chi connectivity index (χ0v) is 12.3. The fraction of sp³-hybridized carbons (Fsp3) is 0.333. The molecule has 0 saturated carbocycles. The third kappa shape index (κ3) is 4.57. The van der Waals surface area contributed by atoms with Crippen LogP contribution in [0.2, 0.25) is 0 Å². The second-order valence-electron chi connectivity index (χ2n) is 3.12. The maximum atomic E-state index is 11.7. The lowest BCUT2D eigenvalue weighted by Gasteiger charge is -2.21. The van der Waals surface area contributed by atoms with Crippen LogP contribution in [0, 0.1) is 0 Å². The second kappa shape index (κ2) is 7.27. The minimum absolute atomic E-state index is 0.0126. The molecule has 0 aliphatic heterocycles. The Hall–Kier alpha value is -1.22. The van der Waals surface area contributed by atoms with Crippen molar-refractivity contribution < 1.29 is 29.4 Å². The number of hydrogen-bond acceptors (Lipinski definition) is 4. The topological polar surface area (TPSA) is 112 Å². The van der Waals surface area contributed by atoms with Crippen molar-refractivity contribution in [2.45, 2.75) is 19.4 Å². The van der Waals surface area contributed by atoms with E-state index in [0.717, 1.165) is 0 Å². The smallest absolute Gasteiger partial charge is 0.327 e. The Morgan fingerprint density at radius 3 is 2.06 bits per heavy atom. The average Bonchev–Trinajstić information content (AvgIpc) is 2.26. The summed E-state index contributed by atoms with van der Waals surface area (Å²) in [5, 5.41) is 17.4. The van der Waals surface area contributed by atoms with E-state index in [-0.39, 0.29) is 10.9 Å². The van der Waals surface area contributed by atoms with Crippen molar-refractivity contribution in [1.82, 2.24) is 4.90 Å². The van der Waals surface area contributed by atoms with Gasteiger partial charge in [-0.1, -0.05) is 15.9 Å². The van der Waals surface area contributed by atoms with Crippen LogP contribution in [-0.4, -0.2) is 45.4 Å². The summed E-state index contributed by atoms with van der Waals surface area (Å²) >= 11 is 5.86. The van der Waals surface area contributed by atoms with Crippen LogP contribution in [0.25, 0.3) is 0 Å². The van der Waals surface area contributed by atoms with E-state index in [1.54, 1.807) is 0 Å². The van der Waals surface area contributed by atoms with Gasteiger partial charge in [0.25, 0.3) is 5.91 Å². The van der Waals surface area contributed by atoms with E-state index in [1.807, 2.05) is 0 Å². The molecule has 0 bridgehead atoms. The standard InChI is InChI=1S/C9H9Br2NO6/c1-4(10)7(11)8(16)12(3-13)5(9(17)18)2-6(14)15/h3,5H,2H2,1H3,(H,14,15)(H,17,18)/b7-4-. The van der Waals surface area contributed by atoms with Gasteiger partial charge in [-0.15, -0.1) is 0 Å². The summed E-state index contributed by atoms with van der Waals surface area (Å²) < 4.78 is 0.282. The first-order valence-corrected chi connectivity index (χ1v) is 6.05. The molecule has 18 heavy (non-hydrogen) atoms. The van der Waals surface area contributed by atoms with Crippen molar-refractivity contribution in [3.63, 3.8) is 0 Å². The van der Waals surface area contributed by atoms with Gasteiger partial charge >= 0.3 is 11.9 Å². The van der Waals surface area contributed by atoms with Crippen molar-refractivity contribution >= 4 is 56.1 Å². The third-order valence-corrected chi connectivity index (χ3v) is 3.69. The molecular formula is C9H9Br2NO6. The largest absolute Gasteiger partial charge is 0.481 e. The first-order valence-electron chi connectivity index (χ1n) is 4.46. The normalized spacial score (nSPS) is 13.3. The Labute approximate surface area is 119 Å². The summed E-state index contributed by atoms with van der Waals surface area (Å²) in [5.41, 5.74) is 0. The SMILES string of the molecule is C/C(Br)=C(/Br)C(=O)N(C=O)C(CC(=O)O)C(=O)O. The molecule has 2 N–H and O–H groups in total. The summed E-state index contributed by atoms with van der Waals surface area (Å²) in [5.74, 6) is -3.95. The summed E-state index contributed by atoms with van der Waals surface area (Å²) in [6.45, 7) is 1.50. The minimum atomic E-state index is -1.76. The lowest BCUT2D eigenvalue weighted by Crippen LogP contribution is -2.45. The molecule has 0 rings (SSSR count). The lowest BCUT2D eigenvalue weighted by atomic mass is 10.2. The van der Waals surface area contributed by atoms with Crippen LogP contribution in [0.1, 0.15) is 13.3 Å². The van der Waals surface area contributed by atoms with Crippen molar-refractivity contribution in [1.29, 1.82) is 0 Å². The van der Waals surface area contributed by atoms with E-state index in [1.165, 1.54) is 6.92 Å². The molecule has 0 spiro atoms. The molecule has 1 unspecified atom stereocenters. The minimum Gasteiger partial charge on any atom is -0.481 e. The van der Waals surface area contributed by atoms with Gasteiger partial charge in [-0.2, -0.15) is 0 Å². The highest BCUT2D eigenvalue weighted by atomic mass is 79.9. The Morgan fingerprint density at radius 2 is 1.78 bits per heavy atom. The Kier molecular flexibility index (Phi) is 6.77. The molecule has 0 saturated heterocycles. The van der Waals surface area contributed by atoms with Gasteiger partial charge in [0.15, 0.2) is 0 Å². The van der Waals surface area contributed by atoms with Crippen LogP contribution in [0.15, 0.2) is 8.96 Å². The average molecular weight is 387 g/mol. The summed E-state index contributed by atoms with van der Waals surface area (Å²) in [4.78, 5) is 44.2. The molecule has 0 heterocycles. The number of halogens is 2. The molecule has 0 aromatic rings. The highest BCUT2D eigenvalue weighted by Crippen LogP contribution is 2.20. The summed E-state index contributed by atoms with van der Waals surface area (Å²) in [6, 6.07) is -1.76. The van der Waals surface area contributed by atoms with Crippen molar-refractivity contribution in [3.8, 4) is 0 Å². The number of imide groups is 1. The number of nitrogens with zero attached hydrogens (tertiary/aromatic N) is 1. The number of carbonyl (C=O) groups excluding carboxylic acids is 2. The van der Waals surface area contributed by atoms with E-state index < -0.39 is 30.3 Å². The highest BCUT2D eigenvalue weighted by molar-refractivity contribution is 9.14. The van der Waals surface area contributed by atoms with Crippen molar-refractivity contribution in [2.24, 2.45) is 0 Å². The van der Waals surface area contributed by atoms with Crippen LogP contribution in [0.5, 0.6) is 0 Å². The number of allylic oxidation sites excluding steroid dienone is 1. The number of carboxylic acids is 2. The van der Waals surface area contributed by atoms with Gasteiger partial charge in [-0.05, 0) is 22.9 Å². The summed E-state index contributed by atoms with van der Waals surface area (Å²) in [6.07, 6.45) is -0.886. The van der Waals surface area contributed by atoms with Gasteiger partial charge in [0.1, 0.15) is 6.04 Å². The first-order chi connectivity index (χ1) is 8.22. The molecule has 100 valence electrons. The molecule has 0 aromatic heterocycles. The maximum Gasteiger partial charge on any atom is 0.327 e. The van der Waals surface area contributed by atoms with Crippen molar-refractivity contribution in [3.05, 3.63) is 8.96 Å². The fourth-order valence-corrected chi connectivity index (χ4v) is 1.37. The molecule has 0 aromatic carbocycles. The molecule has 7 nitrogen and oxygen atoms in total. The van der Waals surface area contributed by atoms with Crippen LogP contribution >= 0.6 is 31.9 Å². The number of aliphatic carboxylic acids is 2. The van der Waals surface area contributed by atoms with Gasteiger partial charge < -0.3 is 10.2 Å². The molecule has 0 fully saturated rings. The summed E-state index contributed by atoms with van der Waals surface area (Å²) in [7, 11) is 0. The van der Waals surface area contributed by atoms with E-state index in [4.69, 9.17) is 10.2 Å². The van der Waals surface area contributed by atoms with Gasteiger partial charge in [0, 0.05) is 4.48 Å². The molecule has 0 aliphatic rings. The Balaban J connectivity index is 5.33. The van der Waals surface area contributed by atoms with Crippen LogP contribution in [0.3, 0.4) is 0 Å². The molecule has 1 atom stereocenters. The first kappa shape index (κ1) is 16.8. The molecule has 0 radical (unpaired) electrons. The Bertz CT molecular complexity index is 415. The number of hydrogen-bond donors (Lipinski definition) is 2. The highest BCUT2D eigenvalue weighted by Gasteiger charge is 2.33. The maximum absolute atomic E-state index is 11.7. The Morgan fingerprint density at radius 1 is 1.28 bits per heavy atom. The third-order valence-electron chi connectivity index (χ3n) is 1.83. The predicted molar refractivity (Wildman–Crippen MR) is 67.1 cm³/mol. The van der Waals surface area contributed by atoms with Crippen LogP contribution in [0.4, 0.5) is 0 Å². The van der Waals surface area contributed by atoms with Gasteiger partial charge in [0.05, 0.1) is 10.9 Å². The monoisotopic (exact) mass is 385 g/mol. The quantitative estimate of drug-likeness (QED) is 0.518. The van der Waals surface area contributed by atoms with E-state index in [2.05, 4.69) is 31.9 Å². The zero-order valence-electron chi connectivity index (χ0n) is 9.09. The molecule has 2 amide bonds. The van der Waals surface area contributed by atoms with E-state index in [0.29, 0.717) is 9.38 Å². The molecule has 9 heteroatoms. The predicted octanol–water partition coefficient (Wildman–Crippen LogP) is 0.921. The van der Waals surface area contributed by atoms with Crippen molar-refractivity contribution in [2.75, 3.05) is 0 Å². The number of carbonyl (C=O) groups is 4. The number of carboxylic acid groups (broad SMARTS) is 2. The van der Waals surface area contributed by atoms with E-state index >= 15 is 0 Å². The molecular weight excluding hydrogens is 378 g/mol. The zero-order chi connectivity index (χ0) is 14.5.